The van der Waals surface area contributed by atoms with Crippen LogP contribution in [0.2, 0.25) is 0 Å². The number of rotatable bonds is 5. The smallest absolute Gasteiger partial charge is 0.255 e. The van der Waals surface area contributed by atoms with Gasteiger partial charge in [-0.15, -0.1) is 0 Å². The molecular weight excluding hydrogens is 246 g/mol. The Morgan fingerprint density at radius 2 is 2.00 bits per heavy atom. The molecule has 0 saturated heterocycles. The van der Waals surface area contributed by atoms with Crippen LogP contribution < -0.4 is 0 Å². The van der Waals surface area contributed by atoms with Crippen molar-refractivity contribution in [2.75, 3.05) is 13.2 Å². The molecule has 0 saturated carbocycles. The first kappa shape index (κ1) is 12.8. The first-order chi connectivity index (χ1) is 8.81. The third-order valence-corrected chi connectivity index (χ3v) is 3.32. The molecule has 0 aliphatic heterocycles. The number of thiophene rings is 1. The van der Waals surface area contributed by atoms with Gasteiger partial charge < -0.3 is 10.0 Å². The van der Waals surface area contributed by atoms with E-state index in [1.54, 1.807) is 4.90 Å². The van der Waals surface area contributed by atoms with E-state index in [1.165, 1.54) is 11.3 Å². The third-order valence-electron chi connectivity index (χ3n) is 2.64. The molecule has 0 aliphatic rings. The molecule has 94 valence electrons. The van der Waals surface area contributed by atoms with Gasteiger partial charge in [0.05, 0.1) is 12.2 Å². The number of aliphatic hydroxyl groups is 1. The Hall–Kier alpha value is -1.65. The molecule has 0 spiro atoms. The molecule has 18 heavy (non-hydrogen) atoms. The highest BCUT2D eigenvalue weighted by Gasteiger charge is 2.15. The van der Waals surface area contributed by atoms with Crippen molar-refractivity contribution in [2.24, 2.45) is 0 Å². The fourth-order valence-corrected chi connectivity index (χ4v) is 2.38. The normalized spacial score (nSPS) is 10.3. The molecule has 0 atom stereocenters. The third kappa shape index (κ3) is 3.18. The van der Waals surface area contributed by atoms with Crippen LogP contribution >= 0.6 is 11.3 Å². The summed E-state index contributed by atoms with van der Waals surface area (Å²) in [7, 11) is 0. The van der Waals surface area contributed by atoms with Crippen LogP contribution in [0.25, 0.3) is 0 Å². The van der Waals surface area contributed by atoms with Crippen LogP contribution in [-0.2, 0) is 6.54 Å². The molecule has 2 aromatic rings. The van der Waals surface area contributed by atoms with Gasteiger partial charge in [-0.3, -0.25) is 4.79 Å². The van der Waals surface area contributed by atoms with Crippen molar-refractivity contribution < 1.29 is 9.90 Å². The van der Waals surface area contributed by atoms with E-state index in [0.717, 1.165) is 5.56 Å². The number of aliphatic hydroxyl groups excluding tert-OH is 1. The van der Waals surface area contributed by atoms with E-state index < -0.39 is 0 Å². The second-order valence-electron chi connectivity index (χ2n) is 3.95. The van der Waals surface area contributed by atoms with Gasteiger partial charge in [-0.1, -0.05) is 30.3 Å². The first-order valence-corrected chi connectivity index (χ1v) is 6.72. The Balaban J connectivity index is 2.11. The highest BCUT2D eigenvalue weighted by atomic mass is 32.1. The molecule has 0 aliphatic carbocycles. The van der Waals surface area contributed by atoms with Crippen LogP contribution in [0.4, 0.5) is 0 Å². The lowest BCUT2D eigenvalue weighted by Gasteiger charge is -2.21. The maximum atomic E-state index is 12.2. The van der Waals surface area contributed by atoms with E-state index in [1.807, 2.05) is 47.2 Å². The van der Waals surface area contributed by atoms with Gasteiger partial charge in [-0.05, 0) is 17.0 Å². The minimum atomic E-state index is -0.0332. The summed E-state index contributed by atoms with van der Waals surface area (Å²) in [6.07, 6.45) is 0. The Labute approximate surface area is 110 Å². The molecule has 0 radical (unpaired) electrons. The maximum absolute atomic E-state index is 12.2. The van der Waals surface area contributed by atoms with E-state index in [0.29, 0.717) is 18.7 Å². The fourth-order valence-electron chi connectivity index (χ4n) is 1.75. The van der Waals surface area contributed by atoms with Crippen molar-refractivity contribution in [3.05, 3.63) is 58.3 Å². The lowest BCUT2D eigenvalue weighted by atomic mass is 10.2. The Bertz CT molecular complexity index is 482. The van der Waals surface area contributed by atoms with Gasteiger partial charge in [-0.25, -0.2) is 0 Å². The lowest BCUT2D eigenvalue weighted by Crippen LogP contribution is -2.32. The van der Waals surface area contributed by atoms with Crippen molar-refractivity contribution >= 4 is 17.2 Å². The number of carbonyl (C=O) groups excluding carboxylic acids is 1. The summed E-state index contributed by atoms with van der Waals surface area (Å²) in [6.45, 7) is 0.850. The fraction of sp³-hybridized carbons (Fsp3) is 0.214. The lowest BCUT2D eigenvalue weighted by molar-refractivity contribution is 0.0708. The highest BCUT2D eigenvalue weighted by Crippen LogP contribution is 2.12. The van der Waals surface area contributed by atoms with Crippen molar-refractivity contribution in [3.8, 4) is 0 Å². The number of hydrogen-bond acceptors (Lipinski definition) is 3. The Morgan fingerprint density at radius 3 is 2.61 bits per heavy atom. The van der Waals surface area contributed by atoms with Gasteiger partial charge in [0.1, 0.15) is 0 Å². The Kier molecular flexibility index (Phi) is 4.50. The molecule has 0 unspecified atom stereocenters. The van der Waals surface area contributed by atoms with Gasteiger partial charge in [-0.2, -0.15) is 11.3 Å². The van der Waals surface area contributed by atoms with Crippen molar-refractivity contribution in [2.45, 2.75) is 6.54 Å². The van der Waals surface area contributed by atoms with Gasteiger partial charge in [0.2, 0.25) is 0 Å². The van der Waals surface area contributed by atoms with Crippen LogP contribution in [0.5, 0.6) is 0 Å². The standard InChI is InChI=1S/C14H15NO2S/c16-8-7-15(10-12-4-2-1-3-5-12)14(17)13-6-9-18-11-13/h1-6,9,11,16H,7-8,10H2. The zero-order valence-corrected chi connectivity index (χ0v) is 10.8. The molecule has 1 N–H and O–H groups in total. The molecule has 4 heteroatoms. The number of hydrogen-bond donors (Lipinski definition) is 1. The van der Waals surface area contributed by atoms with Crippen LogP contribution in [0.15, 0.2) is 47.2 Å². The number of benzene rings is 1. The second-order valence-corrected chi connectivity index (χ2v) is 4.73. The average Bonchev–Trinajstić information content (AvgIpc) is 2.92. The van der Waals surface area contributed by atoms with Gasteiger partial charge in [0.15, 0.2) is 0 Å². The predicted octanol–water partition coefficient (Wildman–Crippen LogP) is 2.38. The number of nitrogens with zero attached hydrogens (tertiary/aromatic N) is 1. The van der Waals surface area contributed by atoms with Crippen molar-refractivity contribution in [1.82, 2.24) is 4.90 Å². The van der Waals surface area contributed by atoms with E-state index in [2.05, 4.69) is 0 Å². The Morgan fingerprint density at radius 1 is 1.22 bits per heavy atom. The van der Waals surface area contributed by atoms with Gasteiger partial charge >= 0.3 is 0 Å². The molecule has 1 aromatic heterocycles. The molecule has 1 amide bonds. The maximum Gasteiger partial charge on any atom is 0.255 e. The van der Waals surface area contributed by atoms with Crippen LogP contribution in [0.3, 0.4) is 0 Å². The summed E-state index contributed by atoms with van der Waals surface area (Å²) in [4.78, 5) is 13.9. The van der Waals surface area contributed by atoms with Gasteiger partial charge in [0.25, 0.3) is 5.91 Å². The summed E-state index contributed by atoms with van der Waals surface area (Å²) in [5, 5.41) is 12.8. The topological polar surface area (TPSA) is 40.5 Å². The molecule has 1 heterocycles. The monoisotopic (exact) mass is 261 g/mol. The molecular formula is C14H15NO2S. The van der Waals surface area contributed by atoms with Crippen LogP contribution in [0, 0.1) is 0 Å². The zero-order valence-electron chi connectivity index (χ0n) is 9.95. The summed E-state index contributed by atoms with van der Waals surface area (Å²) >= 11 is 1.50. The molecule has 2 rings (SSSR count). The minimum Gasteiger partial charge on any atom is -0.395 e. The summed E-state index contributed by atoms with van der Waals surface area (Å²) in [5.41, 5.74) is 1.75. The number of carbonyl (C=O) groups is 1. The van der Waals surface area contributed by atoms with Crippen LogP contribution in [0.1, 0.15) is 15.9 Å². The number of amides is 1. The van der Waals surface area contributed by atoms with Crippen molar-refractivity contribution in [1.29, 1.82) is 0 Å². The molecule has 3 nitrogen and oxygen atoms in total. The highest BCUT2D eigenvalue weighted by molar-refractivity contribution is 7.08. The largest absolute Gasteiger partial charge is 0.395 e. The second kappa shape index (κ2) is 6.33. The summed E-state index contributed by atoms with van der Waals surface area (Å²) in [6, 6.07) is 11.6. The van der Waals surface area contributed by atoms with E-state index in [-0.39, 0.29) is 12.5 Å². The first-order valence-electron chi connectivity index (χ1n) is 5.77. The quantitative estimate of drug-likeness (QED) is 0.897. The summed E-state index contributed by atoms with van der Waals surface area (Å²) in [5.74, 6) is -0.0332. The molecule has 0 bridgehead atoms. The van der Waals surface area contributed by atoms with E-state index in [4.69, 9.17) is 5.11 Å². The molecule has 0 fully saturated rings. The van der Waals surface area contributed by atoms with E-state index in [9.17, 15) is 4.79 Å². The van der Waals surface area contributed by atoms with E-state index >= 15 is 0 Å². The average molecular weight is 261 g/mol. The predicted molar refractivity (Wildman–Crippen MR) is 72.6 cm³/mol. The summed E-state index contributed by atoms with van der Waals surface area (Å²) < 4.78 is 0. The molecule has 1 aromatic carbocycles. The minimum absolute atomic E-state index is 0.0251. The van der Waals surface area contributed by atoms with Crippen LogP contribution in [-0.4, -0.2) is 29.1 Å². The zero-order chi connectivity index (χ0) is 12.8. The van der Waals surface area contributed by atoms with Crippen molar-refractivity contribution in [3.63, 3.8) is 0 Å². The van der Waals surface area contributed by atoms with Gasteiger partial charge in [0, 0.05) is 18.5 Å². The SMILES string of the molecule is O=C(c1ccsc1)N(CCO)Cc1ccccc1.